The molecule has 1 aliphatic carbocycles. The number of rotatable bonds is 4. The molecule has 1 rings (SSSR count). The van der Waals surface area contributed by atoms with Crippen LogP contribution in [0.3, 0.4) is 0 Å². The highest BCUT2D eigenvalue weighted by molar-refractivity contribution is 5.90. The summed E-state index contributed by atoms with van der Waals surface area (Å²) in [5.41, 5.74) is 2.62. The van der Waals surface area contributed by atoms with Crippen LogP contribution < -0.4 is 0 Å². The molecular weight excluding hydrogens is 196 g/mol. The Labute approximate surface area is 99.6 Å². The van der Waals surface area contributed by atoms with Gasteiger partial charge >= 0.3 is 0 Å². The topological polar surface area (TPSA) is 17.1 Å². The normalized spacial score (nSPS) is 22.2. The van der Waals surface area contributed by atoms with Crippen LogP contribution in [0.5, 0.6) is 0 Å². The largest absolute Gasteiger partial charge is 0.295 e. The lowest BCUT2D eigenvalue weighted by Gasteiger charge is -2.25. The lowest BCUT2D eigenvalue weighted by Crippen LogP contribution is -2.17. The quantitative estimate of drug-likeness (QED) is 0.510. The van der Waals surface area contributed by atoms with Gasteiger partial charge in [0, 0.05) is 6.42 Å². The number of allylic oxidation sites excluding steroid dienone is 4. The summed E-state index contributed by atoms with van der Waals surface area (Å²) < 4.78 is 0. The van der Waals surface area contributed by atoms with Gasteiger partial charge in [-0.3, -0.25) is 4.79 Å². The highest BCUT2D eigenvalue weighted by atomic mass is 16.1. The van der Waals surface area contributed by atoms with Crippen molar-refractivity contribution in [1.82, 2.24) is 0 Å². The molecule has 1 nitrogen and oxygen atoms in total. The monoisotopic (exact) mass is 220 g/mol. The molecule has 0 aromatic rings. The van der Waals surface area contributed by atoms with E-state index in [0.29, 0.717) is 24.0 Å². The van der Waals surface area contributed by atoms with Crippen molar-refractivity contribution in [2.24, 2.45) is 11.8 Å². The Kier molecular flexibility index (Phi) is 4.98. The zero-order valence-corrected chi connectivity index (χ0v) is 11.0. The lowest BCUT2D eigenvalue weighted by molar-refractivity contribution is -0.115. The van der Waals surface area contributed by atoms with Gasteiger partial charge in [-0.05, 0) is 57.9 Å². The molecule has 0 aliphatic heterocycles. The Balaban J connectivity index is 2.44. The molecule has 1 aliphatic rings. The van der Waals surface area contributed by atoms with Crippen molar-refractivity contribution in [3.05, 3.63) is 23.3 Å². The van der Waals surface area contributed by atoms with Crippen molar-refractivity contribution in [3.8, 4) is 0 Å². The van der Waals surface area contributed by atoms with Crippen molar-refractivity contribution in [3.63, 3.8) is 0 Å². The molecule has 0 unspecified atom stereocenters. The summed E-state index contributed by atoms with van der Waals surface area (Å²) in [4.78, 5) is 11.7. The second kappa shape index (κ2) is 6.03. The van der Waals surface area contributed by atoms with Gasteiger partial charge in [0.1, 0.15) is 0 Å². The highest BCUT2D eigenvalue weighted by Crippen LogP contribution is 2.30. The minimum atomic E-state index is 0.291. The molecule has 90 valence electrons. The fourth-order valence-electron chi connectivity index (χ4n) is 2.37. The van der Waals surface area contributed by atoms with Crippen LogP contribution in [0.25, 0.3) is 0 Å². The third kappa shape index (κ3) is 4.34. The number of carbonyl (C=O) groups excluding carboxylic acids is 1. The van der Waals surface area contributed by atoms with Crippen LogP contribution in [-0.2, 0) is 4.79 Å². The summed E-state index contributed by atoms with van der Waals surface area (Å²) in [7, 11) is 0. The summed E-state index contributed by atoms with van der Waals surface area (Å²) in [5, 5.41) is 0. The van der Waals surface area contributed by atoms with Crippen LogP contribution in [0.2, 0.25) is 0 Å². The molecule has 0 N–H and O–H groups in total. The van der Waals surface area contributed by atoms with Gasteiger partial charge in [0.05, 0.1) is 0 Å². The van der Waals surface area contributed by atoms with Crippen molar-refractivity contribution in [2.45, 2.75) is 53.4 Å². The van der Waals surface area contributed by atoms with Gasteiger partial charge in [-0.2, -0.15) is 0 Å². The lowest BCUT2D eigenvalue weighted by atomic mass is 9.79. The Morgan fingerprint density at radius 2 is 2.25 bits per heavy atom. The molecule has 0 aromatic heterocycles. The van der Waals surface area contributed by atoms with Gasteiger partial charge in [0.25, 0.3) is 0 Å². The zero-order valence-electron chi connectivity index (χ0n) is 11.0. The van der Waals surface area contributed by atoms with Crippen LogP contribution in [0, 0.1) is 11.8 Å². The maximum absolute atomic E-state index is 11.7. The van der Waals surface area contributed by atoms with E-state index >= 15 is 0 Å². The molecule has 2 atom stereocenters. The average Bonchev–Trinajstić information content (AvgIpc) is 2.16. The molecule has 0 spiro atoms. The second-order valence-electron chi connectivity index (χ2n) is 5.45. The number of ketones is 1. The van der Waals surface area contributed by atoms with Crippen LogP contribution in [0.4, 0.5) is 0 Å². The van der Waals surface area contributed by atoms with Gasteiger partial charge in [-0.15, -0.1) is 0 Å². The Bertz CT molecular complexity index is 305. The van der Waals surface area contributed by atoms with Gasteiger partial charge < -0.3 is 0 Å². The van der Waals surface area contributed by atoms with E-state index in [0.717, 1.165) is 12.0 Å². The average molecular weight is 220 g/mol. The molecule has 0 heterocycles. The first-order chi connectivity index (χ1) is 7.49. The van der Waals surface area contributed by atoms with Crippen LogP contribution in [0.15, 0.2) is 23.3 Å². The standard InChI is InChI=1S/C15H24O/c1-11(2)9-15(16)10-13(4)14-7-5-12(3)6-8-14/h5,9,13-14H,6-8,10H2,1-4H3/t13-,14+/m1/s1. The Morgan fingerprint density at radius 1 is 1.56 bits per heavy atom. The van der Waals surface area contributed by atoms with Crippen molar-refractivity contribution in [1.29, 1.82) is 0 Å². The smallest absolute Gasteiger partial charge is 0.155 e. The first-order valence-electron chi connectivity index (χ1n) is 6.32. The van der Waals surface area contributed by atoms with Crippen LogP contribution in [-0.4, -0.2) is 5.78 Å². The van der Waals surface area contributed by atoms with Crippen LogP contribution >= 0.6 is 0 Å². The number of hydrogen-bond acceptors (Lipinski definition) is 1. The van der Waals surface area contributed by atoms with E-state index in [1.165, 1.54) is 18.4 Å². The van der Waals surface area contributed by atoms with E-state index in [4.69, 9.17) is 0 Å². The van der Waals surface area contributed by atoms with Gasteiger partial charge in [-0.25, -0.2) is 0 Å². The Morgan fingerprint density at radius 3 is 2.75 bits per heavy atom. The summed E-state index contributed by atoms with van der Waals surface area (Å²) in [6.07, 6.45) is 8.46. The first-order valence-corrected chi connectivity index (χ1v) is 6.32. The molecule has 0 radical (unpaired) electrons. The summed E-state index contributed by atoms with van der Waals surface area (Å²) in [6, 6.07) is 0. The fraction of sp³-hybridized carbons (Fsp3) is 0.667. The third-order valence-electron chi connectivity index (χ3n) is 3.46. The molecule has 0 saturated carbocycles. The number of hydrogen-bond donors (Lipinski definition) is 0. The van der Waals surface area contributed by atoms with Crippen LogP contribution in [0.1, 0.15) is 53.4 Å². The predicted octanol–water partition coefficient (Wildman–Crippen LogP) is 4.29. The molecule has 0 saturated heterocycles. The maximum Gasteiger partial charge on any atom is 0.155 e. The molecule has 0 aromatic carbocycles. The molecule has 0 fully saturated rings. The molecular formula is C15H24O. The molecule has 0 bridgehead atoms. The Hall–Kier alpha value is -0.850. The minimum Gasteiger partial charge on any atom is -0.295 e. The van der Waals surface area contributed by atoms with E-state index in [1.807, 2.05) is 13.8 Å². The van der Waals surface area contributed by atoms with Gasteiger partial charge in [0.2, 0.25) is 0 Å². The molecule has 1 heteroatoms. The fourth-order valence-corrected chi connectivity index (χ4v) is 2.37. The van der Waals surface area contributed by atoms with E-state index in [2.05, 4.69) is 19.9 Å². The molecule has 16 heavy (non-hydrogen) atoms. The predicted molar refractivity (Wildman–Crippen MR) is 69.3 cm³/mol. The van der Waals surface area contributed by atoms with E-state index in [-0.39, 0.29) is 0 Å². The second-order valence-corrected chi connectivity index (χ2v) is 5.45. The first kappa shape index (κ1) is 13.2. The molecule has 0 amide bonds. The third-order valence-corrected chi connectivity index (χ3v) is 3.46. The minimum absolute atomic E-state index is 0.291. The van der Waals surface area contributed by atoms with Gasteiger partial charge in [0.15, 0.2) is 5.78 Å². The summed E-state index contributed by atoms with van der Waals surface area (Å²) in [5.74, 6) is 1.52. The van der Waals surface area contributed by atoms with E-state index in [9.17, 15) is 4.79 Å². The summed E-state index contributed by atoms with van der Waals surface area (Å²) >= 11 is 0. The summed E-state index contributed by atoms with van der Waals surface area (Å²) in [6.45, 7) is 8.38. The maximum atomic E-state index is 11.7. The van der Waals surface area contributed by atoms with Gasteiger partial charge in [-0.1, -0.05) is 24.1 Å². The van der Waals surface area contributed by atoms with E-state index in [1.54, 1.807) is 6.08 Å². The number of carbonyl (C=O) groups is 1. The highest BCUT2D eigenvalue weighted by Gasteiger charge is 2.20. The SMILES string of the molecule is CC(C)=CC(=O)C[C@@H](C)[C@H]1CC=C(C)CC1. The van der Waals surface area contributed by atoms with Crippen molar-refractivity contribution >= 4 is 5.78 Å². The van der Waals surface area contributed by atoms with Crippen molar-refractivity contribution in [2.75, 3.05) is 0 Å². The zero-order chi connectivity index (χ0) is 12.1. The van der Waals surface area contributed by atoms with Crippen molar-refractivity contribution < 1.29 is 4.79 Å². The van der Waals surface area contributed by atoms with E-state index < -0.39 is 0 Å².